The van der Waals surface area contributed by atoms with Crippen molar-refractivity contribution in [2.75, 3.05) is 17.2 Å². The SMILES string of the molecule is CC(C)c1cccc(OCC(=O)Nc2ccc(NC(=O)NCc3ccco3)cc2)c1. The standard InChI is InChI=1S/C23H25N3O4/c1-16(2)17-5-3-6-20(13-17)30-15-22(27)25-18-8-10-19(11-9-18)26-23(28)24-14-21-7-4-12-29-21/h3-13,16H,14-15H2,1-2H3,(H,25,27)(H2,24,26,28). The number of benzene rings is 2. The molecule has 156 valence electrons. The van der Waals surface area contributed by atoms with Crippen molar-refractivity contribution in [3.05, 3.63) is 78.3 Å². The maximum atomic E-state index is 12.1. The molecule has 0 atom stereocenters. The predicted octanol–water partition coefficient (Wildman–Crippen LogP) is 4.74. The topological polar surface area (TPSA) is 92.6 Å². The molecule has 7 heteroatoms. The summed E-state index contributed by atoms with van der Waals surface area (Å²) in [6.45, 7) is 4.42. The van der Waals surface area contributed by atoms with Crippen LogP contribution in [-0.4, -0.2) is 18.5 Å². The normalized spacial score (nSPS) is 10.5. The monoisotopic (exact) mass is 407 g/mol. The summed E-state index contributed by atoms with van der Waals surface area (Å²) in [4.78, 5) is 24.0. The fourth-order valence-electron chi connectivity index (χ4n) is 2.70. The van der Waals surface area contributed by atoms with Gasteiger partial charge < -0.3 is 25.1 Å². The number of carbonyl (C=O) groups is 2. The Morgan fingerprint density at radius 2 is 1.70 bits per heavy atom. The van der Waals surface area contributed by atoms with Gasteiger partial charge in [0.1, 0.15) is 11.5 Å². The largest absolute Gasteiger partial charge is 0.484 e. The van der Waals surface area contributed by atoms with Crippen molar-refractivity contribution in [1.82, 2.24) is 5.32 Å². The quantitative estimate of drug-likeness (QED) is 0.503. The molecule has 0 aliphatic carbocycles. The number of urea groups is 1. The number of rotatable bonds is 8. The van der Waals surface area contributed by atoms with Crippen molar-refractivity contribution in [1.29, 1.82) is 0 Å². The molecule has 0 saturated heterocycles. The van der Waals surface area contributed by atoms with Gasteiger partial charge in [-0.2, -0.15) is 0 Å². The minimum Gasteiger partial charge on any atom is -0.484 e. The number of amides is 3. The lowest BCUT2D eigenvalue weighted by atomic mass is 10.0. The van der Waals surface area contributed by atoms with Crippen LogP contribution >= 0.6 is 0 Å². The lowest BCUT2D eigenvalue weighted by Crippen LogP contribution is -2.28. The Bertz CT molecular complexity index is 966. The zero-order valence-corrected chi connectivity index (χ0v) is 17.0. The number of carbonyl (C=O) groups excluding carboxylic acids is 2. The molecule has 3 aromatic rings. The fraction of sp³-hybridized carbons (Fsp3) is 0.217. The van der Waals surface area contributed by atoms with E-state index in [9.17, 15) is 9.59 Å². The molecule has 0 unspecified atom stereocenters. The molecule has 0 radical (unpaired) electrons. The first-order valence-corrected chi connectivity index (χ1v) is 9.69. The second-order valence-corrected chi connectivity index (χ2v) is 7.03. The zero-order valence-electron chi connectivity index (χ0n) is 17.0. The van der Waals surface area contributed by atoms with Gasteiger partial charge in [0.15, 0.2) is 6.61 Å². The highest BCUT2D eigenvalue weighted by atomic mass is 16.5. The summed E-state index contributed by atoms with van der Waals surface area (Å²) in [6.07, 6.45) is 1.55. The van der Waals surface area contributed by atoms with E-state index in [1.54, 1.807) is 42.7 Å². The lowest BCUT2D eigenvalue weighted by molar-refractivity contribution is -0.118. The number of anilines is 2. The smallest absolute Gasteiger partial charge is 0.319 e. The first-order chi connectivity index (χ1) is 14.5. The Hall–Kier alpha value is -3.74. The Kier molecular flexibility index (Phi) is 7.10. The Balaban J connectivity index is 1.43. The fourth-order valence-corrected chi connectivity index (χ4v) is 2.70. The van der Waals surface area contributed by atoms with Crippen molar-refractivity contribution in [2.45, 2.75) is 26.3 Å². The summed E-state index contributed by atoms with van der Waals surface area (Å²) in [5.74, 6) is 1.46. The lowest BCUT2D eigenvalue weighted by Gasteiger charge is -2.11. The van der Waals surface area contributed by atoms with E-state index in [0.29, 0.717) is 35.3 Å². The van der Waals surface area contributed by atoms with Crippen LogP contribution in [0.3, 0.4) is 0 Å². The van der Waals surface area contributed by atoms with E-state index in [2.05, 4.69) is 29.8 Å². The molecule has 7 nitrogen and oxygen atoms in total. The van der Waals surface area contributed by atoms with Gasteiger partial charge in [0, 0.05) is 11.4 Å². The van der Waals surface area contributed by atoms with E-state index >= 15 is 0 Å². The maximum Gasteiger partial charge on any atom is 0.319 e. The molecule has 0 spiro atoms. The minimum absolute atomic E-state index is 0.0866. The van der Waals surface area contributed by atoms with Crippen molar-refractivity contribution in [3.8, 4) is 5.75 Å². The van der Waals surface area contributed by atoms with E-state index in [0.717, 1.165) is 5.56 Å². The molecular formula is C23H25N3O4. The molecule has 1 heterocycles. The van der Waals surface area contributed by atoms with Gasteiger partial charge in [-0.1, -0.05) is 26.0 Å². The number of ether oxygens (including phenoxy) is 1. The van der Waals surface area contributed by atoms with Crippen LogP contribution in [-0.2, 0) is 11.3 Å². The zero-order chi connectivity index (χ0) is 21.3. The van der Waals surface area contributed by atoms with Crippen molar-refractivity contribution in [3.63, 3.8) is 0 Å². The molecular weight excluding hydrogens is 382 g/mol. The third-order valence-corrected chi connectivity index (χ3v) is 4.32. The van der Waals surface area contributed by atoms with E-state index in [4.69, 9.17) is 9.15 Å². The van der Waals surface area contributed by atoms with E-state index < -0.39 is 0 Å². The van der Waals surface area contributed by atoms with Gasteiger partial charge >= 0.3 is 6.03 Å². The highest BCUT2D eigenvalue weighted by Crippen LogP contribution is 2.20. The third kappa shape index (κ3) is 6.41. The summed E-state index contributed by atoms with van der Waals surface area (Å²) in [6, 6.07) is 17.7. The van der Waals surface area contributed by atoms with Crippen LogP contribution in [0.25, 0.3) is 0 Å². The van der Waals surface area contributed by atoms with Gasteiger partial charge in [-0.15, -0.1) is 0 Å². The van der Waals surface area contributed by atoms with Crippen molar-refractivity contribution >= 4 is 23.3 Å². The molecule has 0 aliphatic rings. The van der Waals surface area contributed by atoms with Crippen LogP contribution in [0.2, 0.25) is 0 Å². The van der Waals surface area contributed by atoms with E-state index in [1.165, 1.54) is 0 Å². The van der Waals surface area contributed by atoms with Gasteiger partial charge in [-0.3, -0.25) is 4.79 Å². The minimum atomic E-state index is -0.347. The van der Waals surface area contributed by atoms with Gasteiger partial charge in [0.2, 0.25) is 0 Å². The van der Waals surface area contributed by atoms with E-state index in [-0.39, 0.29) is 18.5 Å². The molecule has 1 aromatic heterocycles. The van der Waals surface area contributed by atoms with Crippen molar-refractivity contribution in [2.24, 2.45) is 0 Å². The highest BCUT2D eigenvalue weighted by molar-refractivity contribution is 5.93. The van der Waals surface area contributed by atoms with Gasteiger partial charge in [-0.25, -0.2) is 4.79 Å². The van der Waals surface area contributed by atoms with Gasteiger partial charge in [0.25, 0.3) is 5.91 Å². The molecule has 2 aromatic carbocycles. The Labute approximate surface area is 175 Å². The molecule has 3 N–H and O–H groups in total. The van der Waals surface area contributed by atoms with Crippen LogP contribution in [0, 0.1) is 0 Å². The Morgan fingerprint density at radius 3 is 2.37 bits per heavy atom. The van der Waals surface area contributed by atoms with Gasteiger partial charge in [0.05, 0.1) is 12.8 Å². The first kappa shape index (κ1) is 21.0. The maximum absolute atomic E-state index is 12.1. The molecule has 3 amide bonds. The summed E-state index contributed by atoms with van der Waals surface area (Å²) in [5.41, 5.74) is 2.37. The summed E-state index contributed by atoms with van der Waals surface area (Å²) in [5, 5.41) is 8.18. The van der Waals surface area contributed by atoms with Crippen LogP contribution in [0.5, 0.6) is 5.75 Å². The summed E-state index contributed by atoms with van der Waals surface area (Å²) in [7, 11) is 0. The second-order valence-electron chi connectivity index (χ2n) is 7.03. The Morgan fingerprint density at radius 1 is 0.967 bits per heavy atom. The first-order valence-electron chi connectivity index (χ1n) is 9.69. The number of nitrogens with one attached hydrogen (secondary N) is 3. The second kappa shape index (κ2) is 10.2. The average Bonchev–Trinajstić information content (AvgIpc) is 3.26. The molecule has 0 bridgehead atoms. The molecule has 0 fully saturated rings. The summed E-state index contributed by atoms with van der Waals surface area (Å²) < 4.78 is 10.7. The van der Waals surface area contributed by atoms with Crippen LogP contribution < -0.4 is 20.7 Å². The van der Waals surface area contributed by atoms with Crippen molar-refractivity contribution < 1.29 is 18.7 Å². The third-order valence-electron chi connectivity index (χ3n) is 4.32. The average molecular weight is 407 g/mol. The molecule has 3 rings (SSSR count). The van der Waals surface area contributed by atoms with Crippen LogP contribution in [0.1, 0.15) is 31.1 Å². The molecule has 0 aliphatic heterocycles. The van der Waals surface area contributed by atoms with E-state index in [1.807, 2.05) is 24.3 Å². The van der Waals surface area contributed by atoms with Crippen LogP contribution in [0.4, 0.5) is 16.2 Å². The molecule has 30 heavy (non-hydrogen) atoms. The summed E-state index contributed by atoms with van der Waals surface area (Å²) >= 11 is 0. The van der Waals surface area contributed by atoms with Crippen LogP contribution in [0.15, 0.2) is 71.3 Å². The number of hydrogen-bond acceptors (Lipinski definition) is 4. The number of furan rings is 1. The highest BCUT2D eigenvalue weighted by Gasteiger charge is 2.07. The number of hydrogen-bond donors (Lipinski definition) is 3. The molecule has 0 saturated carbocycles. The van der Waals surface area contributed by atoms with Gasteiger partial charge in [-0.05, 0) is 60.0 Å². The predicted molar refractivity (Wildman–Crippen MR) is 116 cm³/mol.